The van der Waals surface area contributed by atoms with Gasteiger partial charge in [0.25, 0.3) is 0 Å². The zero-order chi connectivity index (χ0) is 15.8. The van der Waals surface area contributed by atoms with Gasteiger partial charge in [0.2, 0.25) is 0 Å². The van der Waals surface area contributed by atoms with Crippen molar-refractivity contribution in [2.75, 3.05) is 6.54 Å². The number of hydrogen-bond acceptors (Lipinski definition) is 2. The number of carbonyl (C=O) groups excluding carboxylic acids is 1. The van der Waals surface area contributed by atoms with Crippen molar-refractivity contribution in [3.63, 3.8) is 0 Å². The lowest BCUT2D eigenvalue weighted by molar-refractivity contribution is 0.170. The molecule has 0 radical (unpaired) electrons. The molecular weight excluding hydrogens is 283 g/mol. The second-order valence-corrected chi connectivity index (χ2v) is 5.03. The molecule has 2 amide bonds. The van der Waals surface area contributed by atoms with Gasteiger partial charge in [-0.25, -0.2) is 9.18 Å². The van der Waals surface area contributed by atoms with Crippen LogP contribution in [0, 0.1) is 5.82 Å². The highest BCUT2D eigenvalue weighted by Crippen LogP contribution is 2.03. The van der Waals surface area contributed by atoms with Gasteiger partial charge in [-0.2, -0.15) is 0 Å². The number of benzene rings is 2. The maximum atomic E-state index is 12.7. The van der Waals surface area contributed by atoms with E-state index in [-0.39, 0.29) is 18.4 Å². The Balaban J connectivity index is 1.67. The first-order chi connectivity index (χ1) is 10.6. The number of rotatable bonds is 6. The molecule has 0 unspecified atom stereocenters. The Bertz CT molecular complexity index is 587. The summed E-state index contributed by atoms with van der Waals surface area (Å²) in [5, 5.41) is 15.1. The quantitative estimate of drug-likeness (QED) is 0.766. The highest BCUT2D eigenvalue weighted by molar-refractivity contribution is 5.73. The molecule has 2 aromatic carbocycles. The van der Waals surface area contributed by atoms with Gasteiger partial charge in [-0.3, -0.25) is 0 Å². The molecule has 0 heterocycles. The van der Waals surface area contributed by atoms with Crippen molar-refractivity contribution in [2.45, 2.75) is 19.1 Å². The molecule has 0 bridgehead atoms. The lowest BCUT2D eigenvalue weighted by atomic mass is 10.1. The minimum absolute atomic E-state index is 0.171. The van der Waals surface area contributed by atoms with E-state index in [0.717, 1.165) is 11.1 Å². The van der Waals surface area contributed by atoms with Crippen molar-refractivity contribution < 1.29 is 14.3 Å². The van der Waals surface area contributed by atoms with Gasteiger partial charge in [0.15, 0.2) is 0 Å². The molecule has 22 heavy (non-hydrogen) atoms. The van der Waals surface area contributed by atoms with Gasteiger partial charge in [-0.15, -0.1) is 0 Å². The third kappa shape index (κ3) is 5.54. The molecule has 0 aromatic heterocycles. The predicted molar refractivity (Wildman–Crippen MR) is 82.8 cm³/mol. The first-order valence-electron chi connectivity index (χ1n) is 7.11. The normalized spacial score (nSPS) is 11.7. The summed E-state index contributed by atoms with van der Waals surface area (Å²) in [6.07, 6.45) is -0.155. The molecule has 2 aromatic rings. The molecule has 0 aliphatic heterocycles. The van der Waals surface area contributed by atoms with Crippen molar-refractivity contribution in [3.05, 3.63) is 71.5 Å². The first kappa shape index (κ1) is 16.0. The molecule has 0 aliphatic carbocycles. The van der Waals surface area contributed by atoms with Crippen LogP contribution >= 0.6 is 0 Å². The Hall–Kier alpha value is -2.40. The van der Waals surface area contributed by atoms with Gasteiger partial charge in [0.1, 0.15) is 5.82 Å². The molecule has 0 aliphatic rings. The van der Waals surface area contributed by atoms with E-state index in [1.807, 2.05) is 30.3 Å². The van der Waals surface area contributed by atoms with Gasteiger partial charge in [-0.1, -0.05) is 42.5 Å². The number of halogens is 1. The monoisotopic (exact) mass is 302 g/mol. The molecule has 4 nitrogen and oxygen atoms in total. The van der Waals surface area contributed by atoms with E-state index in [4.69, 9.17) is 0 Å². The van der Waals surface area contributed by atoms with Gasteiger partial charge < -0.3 is 15.7 Å². The van der Waals surface area contributed by atoms with Crippen molar-refractivity contribution in [3.8, 4) is 0 Å². The van der Waals surface area contributed by atoms with Crippen LogP contribution in [-0.2, 0) is 13.0 Å². The standard InChI is InChI=1S/C17H19FN2O2/c18-15-8-6-14(7-9-15)11-19-17(22)20-12-16(21)10-13-4-2-1-3-5-13/h1-9,16,21H,10-12H2,(H2,19,20,22)/t16-/m1/s1. The SMILES string of the molecule is O=C(NCc1ccc(F)cc1)NC[C@H](O)Cc1ccccc1. The summed E-state index contributed by atoms with van der Waals surface area (Å²) in [5.74, 6) is -0.308. The molecule has 3 N–H and O–H groups in total. The Kier molecular flexibility index (Phi) is 5.91. The summed E-state index contributed by atoms with van der Waals surface area (Å²) < 4.78 is 12.7. The molecule has 5 heteroatoms. The summed E-state index contributed by atoms with van der Waals surface area (Å²) in [5.41, 5.74) is 1.82. The smallest absolute Gasteiger partial charge is 0.315 e. The van der Waals surface area contributed by atoms with E-state index in [1.165, 1.54) is 12.1 Å². The van der Waals surface area contributed by atoms with Crippen molar-refractivity contribution in [2.24, 2.45) is 0 Å². The highest BCUT2D eigenvalue weighted by Gasteiger charge is 2.07. The van der Waals surface area contributed by atoms with Gasteiger partial charge >= 0.3 is 6.03 Å². The fourth-order valence-corrected chi connectivity index (χ4v) is 2.02. The number of amides is 2. The molecular formula is C17H19FN2O2. The Morgan fingerprint density at radius 1 is 1.00 bits per heavy atom. The van der Waals surface area contributed by atoms with Crippen LogP contribution in [0.2, 0.25) is 0 Å². The molecule has 2 rings (SSSR count). The lowest BCUT2D eigenvalue weighted by Gasteiger charge is -2.12. The number of urea groups is 1. The first-order valence-corrected chi connectivity index (χ1v) is 7.11. The summed E-state index contributed by atoms with van der Waals surface area (Å²) in [6.45, 7) is 0.477. The van der Waals surface area contributed by atoms with Gasteiger partial charge in [0.05, 0.1) is 6.10 Å². The molecule has 0 spiro atoms. The molecule has 0 saturated carbocycles. The summed E-state index contributed by atoms with van der Waals surface area (Å²) in [4.78, 5) is 11.6. The minimum atomic E-state index is -0.640. The van der Waals surface area contributed by atoms with Crippen LogP contribution in [0.15, 0.2) is 54.6 Å². The Labute approximate surface area is 129 Å². The van der Waals surface area contributed by atoms with Crippen LogP contribution in [0.4, 0.5) is 9.18 Å². The maximum Gasteiger partial charge on any atom is 0.315 e. The average Bonchev–Trinajstić information content (AvgIpc) is 2.53. The van der Waals surface area contributed by atoms with Crippen LogP contribution < -0.4 is 10.6 Å². The fraction of sp³-hybridized carbons (Fsp3) is 0.235. The fourth-order valence-electron chi connectivity index (χ4n) is 2.02. The zero-order valence-electron chi connectivity index (χ0n) is 12.1. The second-order valence-electron chi connectivity index (χ2n) is 5.03. The molecule has 116 valence electrons. The second kappa shape index (κ2) is 8.14. The largest absolute Gasteiger partial charge is 0.391 e. The van der Waals surface area contributed by atoms with Crippen molar-refractivity contribution in [1.29, 1.82) is 0 Å². The lowest BCUT2D eigenvalue weighted by Crippen LogP contribution is -2.39. The van der Waals surface area contributed by atoms with Crippen LogP contribution in [-0.4, -0.2) is 23.8 Å². The predicted octanol–water partition coefficient (Wildman–Crippen LogP) is 2.23. The van der Waals surface area contributed by atoms with Crippen molar-refractivity contribution in [1.82, 2.24) is 10.6 Å². The number of carbonyl (C=O) groups is 1. The van der Waals surface area contributed by atoms with E-state index in [0.29, 0.717) is 13.0 Å². The summed E-state index contributed by atoms with van der Waals surface area (Å²) >= 11 is 0. The summed E-state index contributed by atoms with van der Waals surface area (Å²) in [6, 6.07) is 15.1. The number of nitrogens with one attached hydrogen (secondary N) is 2. The van der Waals surface area contributed by atoms with Crippen LogP contribution in [0.3, 0.4) is 0 Å². The number of aliphatic hydroxyl groups excluding tert-OH is 1. The number of aliphatic hydroxyl groups is 1. The van der Waals surface area contributed by atoms with Crippen LogP contribution in [0.25, 0.3) is 0 Å². The van der Waals surface area contributed by atoms with E-state index < -0.39 is 6.10 Å². The van der Waals surface area contributed by atoms with E-state index in [1.54, 1.807) is 12.1 Å². The minimum Gasteiger partial charge on any atom is -0.391 e. The zero-order valence-corrected chi connectivity index (χ0v) is 12.1. The molecule has 0 fully saturated rings. The highest BCUT2D eigenvalue weighted by atomic mass is 19.1. The maximum absolute atomic E-state index is 12.7. The Morgan fingerprint density at radius 2 is 1.68 bits per heavy atom. The third-order valence-electron chi connectivity index (χ3n) is 3.18. The van der Waals surface area contributed by atoms with Crippen molar-refractivity contribution >= 4 is 6.03 Å². The van der Waals surface area contributed by atoms with Gasteiger partial charge in [-0.05, 0) is 23.3 Å². The average molecular weight is 302 g/mol. The van der Waals surface area contributed by atoms with E-state index in [9.17, 15) is 14.3 Å². The molecule has 0 saturated heterocycles. The van der Waals surface area contributed by atoms with Crippen LogP contribution in [0.5, 0.6) is 0 Å². The summed E-state index contributed by atoms with van der Waals surface area (Å²) in [7, 11) is 0. The van der Waals surface area contributed by atoms with Crippen LogP contribution in [0.1, 0.15) is 11.1 Å². The molecule has 1 atom stereocenters. The van der Waals surface area contributed by atoms with Gasteiger partial charge in [0, 0.05) is 19.5 Å². The third-order valence-corrected chi connectivity index (χ3v) is 3.18. The van der Waals surface area contributed by atoms with E-state index >= 15 is 0 Å². The topological polar surface area (TPSA) is 61.4 Å². The van der Waals surface area contributed by atoms with E-state index in [2.05, 4.69) is 10.6 Å². The number of hydrogen-bond donors (Lipinski definition) is 3. The Morgan fingerprint density at radius 3 is 2.36 bits per heavy atom.